The number of benzene rings is 2. The molecule has 11 heteroatoms. The van der Waals surface area contributed by atoms with Gasteiger partial charge in [-0.25, -0.2) is 19.3 Å². The van der Waals surface area contributed by atoms with Gasteiger partial charge >= 0.3 is 12.4 Å². The lowest BCUT2D eigenvalue weighted by Gasteiger charge is -2.13. The average Bonchev–Trinajstić information content (AvgIpc) is 2.78. The van der Waals surface area contributed by atoms with Crippen LogP contribution in [0.4, 0.5) is 36.6 Å². The largest absolute Gasteiger partial charge is 0.433 e. The van der Waals surface area contributed by atoms with Crippen LogP contribution < -0.4 is 5.73 Å². The van der Waals surface area contributed by atoms with Crippen molar-refractivity contribution in [2.45, 2.75) is 12.4 Å². The van der Waals surface area contributed by atoms with Crippen molar-refractivity contribution in [3.05, 3.63) is 83.9 Å². The molecule has 0 spiro atoms. The second-order valence-electron chi connectivity index (χ2n) is 7.20. The molecule has 174 valence electrons. The van der Waals surface area contributed by atoms with E-state index in [4.69, 9.17) is 5.73 Å². The van der Waals surface area contributed by atoms with Gasteiger partial charge in [-0.05, 0) is 42.0 Å². The van der Waals surface area contributed by atoms with Crippen LogP contribution in [0.2, 0.25) is 0 Å². The van der Waals surface area contributed by atoms with E-state index in [9.17, 15) is 30.7 Å². The molecule has 0 saturated heterocycles. The van der Waals surface area contributed by atoms with Crippen molar-refractivity contribution in [3.8, 4) is 33.8 Å². The summed E-state index contributed by atoms with van der Waals surface area (Å²) in [6.45, 7) is 0. The van der Waals surface area contributed by atoms with E-state index in [2.05, 4.69) is 15.0 Å². The van der Waals surface area contributed by atoms with Crippen molar-refractivity contribution in [2.24, 2.45) is 0 Å². The normalized spacial score (nSPS) is 12.1. The molecule has 4 rings (SSSR count). The molecule has 0 unspecified atom stereocenters. The SMILES string of the molecule is Nc1ccc(-c2cccc(-c3nc(-c4ccc(C(F)(F)F)c(F)c4)cc(C(F)(F)F)n3)c2)cn1. The summed E-state index contributed by atoms with van der Waals surface area (Å²) in [5, 5.41) is 0. The van der Waals surface area contributed by atoms with Gasteiger partial charge in [0.15, 0.2) is 5.82 Å². The zero-order valence-electron chi connectivity index (χ0n) is 16.9. The lowest BCUT2D eigenvalue weighted by Crippen LogP contribution is -2.11. The Morgan fingerprint density at radius 1 is 0.676 bits per heavy atom. The third kappa shape index (κ3) is 4.82. The van der Waals surface area contributed by atoms with E-state index in [1.54, 1.807) is 24.3 Å². The number of alkyl halides is 6. The summed E-state index contributed by atoms with van der Waals surface area (Å²) in [5.74, 6) is -1.68. The quantitative estimate of drug-likeness (QED) is 0.336. The minimum atomic E-state index is -4.95. The van der Waals surface area contributed by atoms with E-state index < -0.39 is 29.4 Å². The highest BCUT2D eigenvalue weighted by atomic mass is 19.4. The third-order valence-corrected chi connectivity index (χ3v) is 4.83. The number of halogens is 7. The fourth-order valence-corrected chi connectivity index (χ4v) is 3.19. The molecule has 0 bridgehead atoms. The summed E-state index contributed by atoms with van der Waals surface area (Å²) in [6, 6.07) is 11.8. The molecule has 0 aliphatic carbocycles. The molecule has 0 saturated carbocycles. The number of nitrogens with zero attached hydrogens (tertiary/aromatic N) is 3. The van der Waals surface area contributed by atoms with Gasteiger partial charge in [-0.3, -0.25) is 0 Å². The minimum absolute atomic E-state index is 0.203. The number of anilines is 1. The van der Waals surface area contributed by atoms with Gasteiger partial charge in [-0.1, -0.05) is 24.3 Å². The van der Waals surface area contributed by atoms with Crippen LogP contribution in [0, 0.1) is 5.82 Å². The second-order valence-corrected chi connectivity index (χ2v) is 7.20. The first-order valence-electron chi connectivity index (χ1n) is 9.57. The Morgan fingerprint density at radius 2 is 1.38 bits per heavy atom. The Hall–Kier alpha value is -4.02. The monoisotopic (exact) mass is 478 g/mol. The Kier molecular flexibility index (Phi) is 5.72. The van der Waals surface area contributed by atoms with Crippen molar-refractivity contribution < 1.29 is 30.7 Å². The van der Waals surface area contributed by atoms with Crippen LogP contribution in [-0.2, 0) is 12.4 Å². The van der Waals surface area contributed by atoms with Crippen molar-refractivity contribution in [1.82, 2.24) is 15.0 Å². The molecule has 4 aromatic rings. The molecule has 2 N–H and O–H groups in total. The second kappa shape index (κ2) is 8.40. The minimum Gasteiger partial charge on any atom is -0.384 e. The maximum absolute atomic E-state index is 14.1. The molecular formula is C23H13F7N4. The summed E-state index contributed by atoms with van der Waals surface area (Å²) in [6.07, 6.45) is -8.35. The number of nitrogens with two attached hydrogens (primary N) is 1. The molecule has 2 aromatic carbocycles. The molecule has 0 radical (unpaired) electrons. The fraction of sp³-hybridized carbons (Fsp3) is 0.0870. The highest BCUT2D eigenvalue weighted by molar-refractivity contribution is 5.71. The first kappa shape index (κ1) is 23.1. The fourth-order valence-electron chi connectivity index (χ4n) is 3.19. The average molecular weight is 478 g/mol. The first-order chi connectivity index (χ1) is 15.9. The number of aromatic nitrogens is 3. The van der Waals surface area contributed by atoms with E-state index in [0.29, 0.717) is 29.3 Å². The molecule has 0 aliphatic rings. The molecule has 0 aliphatic heterocycles. The molecule has 0 atom stereocenters. The van der Waals surface area contributed by atoms with Crippen LogP contribution in [0.1, 0.15) is 11.3 Å². The maximum Gasteiger partial charge on any atom is 0.433 e. The predicted octanol–water partition coefficient (Wildman–Crippen LogP) is 6.63. The van der Waals surface area contributed by atoms with Crippen LogP contribution in [-0.4, -0.2) is 15.0 Å². The summed E-state index contributed by atoms with van der Waals surface area (Å²) >= 11 is 0. The van der Waals surface area contributed by atoms with E-state index in [-0.39, 0.29) is 28.5 Å². The van der Waals surface area contributed by atoms with Gasteiger partial charge in [0.1, 0.15) is 17.3 Å². The number of pyridine rings is 1. The van der Waals surface area contributed by atoms with Crippen molar-refractivity contribution >= 4 is 5.82 Å². The third-order valence-electron chi connectivity index (χ3n) is 4.83. The maximum atomic E-state index is 14.1. The molecule has 34 heavy (non-hydrogen) atoms. The number of hydrogen-bond acceptors (Lipinski definition) is 4. The van der Waals surface area contributed by atoms with E-state index in [1.165, 1.54) is 18.3 Å². The van der Waals surface area contributed by atoms with E-state index in [0.717, 1.165) is 6.07 Å². The zero-order valence-corrected chi connectivity index (χ0v) is 16.9. The molecule has 2 heterocycles. The summed E-state index contributed by atoms with van der Waals surface area (Å²) in [7, 11) is 0. The van der Waals surface area contributed by atoms with Crippen molar-refractivity contribution in [1.29, 1.82) is 0 Å². The molecule has 4 nitrogen and oxygen atoms in total. The van der Waals surface area contributed by atoms with Gasteiger partial charge in [0.05, 0.1) is 11.3 Å². The van der Waals surface area contributed by atoms with Crippen LogP contribution in [0.5, 0.6) is 0 Å². The lowest BCUT2D eigenvalue weighted by atomic mass is 10.0. The van der Waals surface area contributed by atoms with E-state index >= 15 is 0 Å². The standard InChI is InChI=1S/C23H13F7N4/c24-17-9-13(4-6-16(17)22(25,26)27)18-10-19(23(28,29)30)34-21(33-18)14-3-1-2-12(8-14)15-5-7-20(31)32-11-15/h1-11H,(H2,31,32). The predicted molar refractivity (Wildman–Crippen MR) is 111 cm³/mol. The van der Waals surface area contributed by atoms with Gasteiger partial charge < -0.3 is 5.73 Å². The van der Waals surface area contributed by atoms with Gasteiger partial charge in [0.2, 0.25) is 0 Å². The number of hydrogen-bond donors (Lipinski definition) is 1. The van der Waals surface area contributed by atoms with E-state index in [1.807, 2.05) is 0 Å². The van der Waals surface area contributed by atoms with Gasteiger partial charge in [-0.15, -0.1) is 0 Å². The lowest BCUT2D eigenvalue weighted by molar-refractivity contribution is -0.141. The molecule has 0 amide bonds. The zero-order chi connectivity index (χ0) is 24.7. The molecule has 2 aromatic heterocycles. The smallest absolute Gasteiger partial charge is 0.384 e. The highest BCUT2D eigenvalue weighted by Crippen LogP contribution is 2.36. The molecule has 0 fully saturated rings. The van der Waals surface area contributed by atoms with Gasteiger partial charge in [-0.2, -0.15) is 26.3 Å². The Bertz CT molecular complexity index is 1350. The van der Waals surface area contributed by atoms with Crippen LogP contribution in [0.15, 0.2) is 66.9 Å². The summed E-state index contributed by atoms with van der Waals surface area (Å²) in [4.78, 5) is 11.6. The van der Waals surface area contributed by atoms with Crippen molar-refractivity contribution in [2.75, 3.05) is 5.73 Å². The number of nitrogen functional groups attached to an aromatic ring is 1. The Balaban J connectivity index is 1.84. The summed E-state index contributed by atoms with van der Waals surface area (Å²) in [5.41, 5.74) is 3.49. The van der Waals surface area contributed by atoms with Crippen molar-refractivity contribution in [3.63, 3.8) is 0 Å². The van der Waals surface area contributed by atoms with Gasteiger partial charge in [0.25, 0.3) is 0 Å². The Labute approximate surface area is 187 Å². The number of rotatable bonds is 3. The van der Waals surface area contributed by atoms with Crippen LogP contribution >= 0.6 is 0 Å². The Morgan fingerprint density at radius 3 is 2.00 bits per heavy atom. The first-order valence-corrected chi connectivity index (χ1v) is 9.57. The topological polar surface area (TPSA) is 64.7 Å². The molecular weight excluding hydrogens is 465 g/mol. The highest BCUT2D eigenvalue weighted by Gasteiger charge is 2.35. The summed E-state index contributed by atoms with van der Waals surface area (Å²) < 4.78 is 93.2. The van der Waals surface area contributed by atoms with Crippen LogP contribution in [0.25, 0.3) is 33.8 Å². The van der Waals surface area contributed by atoms with Crippen LogP contribution in [0.3, 0.4) is 0 Å². The van der Waals surface area contributed by atoms with Gasteiger partial charge in [0, 0.05) is 22.9 Å².